The maximum atomic E-state index is 12.8. The highest BCUT2D eigenvalue weighted by Crippen LogP contribution is 2.16. The fourth-order valence-electron chi connectivity index (χ4n) is 2.28. The number of benzene rings is 2. The van der Waals surface area contributed by atoms with E-state index in [4.69, 9.17) is 34.9 Å². The quantitative estimate of drug-likeness (QED) is 0.370. The summed E-state index contributed by atoms with van der Waals surface area (Å²) in [5.74, 6) is 0.542. The van der Waals surface area contributed by atoms with Crippen LogP contribution >= 0.6 is 24.4 Å². The maximum Gasteiger partial charge on any atom is 0.170 e. The van der Waals surface area contributed by atoms with E-state index in [1.807, 2.05) is 24.3 Å². The first-order chi connectivity index (χ1) is 13.0. The van der Waals surface area contributed by atoms with Crippen molar-refractivity contribution < 1.29 is 9.13 Å². The largest absolute Gasteiger partial charge is 0.494 e. The number of hydrogen-bond donors (Lipinski definition) is 4. The number of unbranched alkanes of at least 4 members (excludes halogenated alkanes) is 2. The summed E-state index contributed by atoms with van der Waals surface area (Å²) in [7, 11) is 0. The lowest BCUT2D eigenvalue weighted by Crippen LogP contribution is -2.29. The predicted molar refractivity (Wildman–Crippen MR) is 117 cm³/mol. The molecule has 8 heteroatoms. The molecule has 0 radical (unpaired) electrons. The molecule has 5 nitrogen and oxygen atoms in total. The van der Waals surface area contributed by atoms with Gasteiger partial charge in [-0.05, 0) is 92.2 Å². The highest BCUT2D eigenvalue weighted by atomic mass is 32.1. The van der Waals surface area contributed by atoms with Crippen molar-refractivity contribution >= 4 is 46.0 Å². The number of ether oxygens (including phenoxy) is 1. The second-order valence-electron chi connectivity index (χ2n) is 5.81. The van der Waals surface area contributed by atoms with E-state index in [2.05, 4.69) is 16.0 Å². The molecule has 5 N–H and O–H groups in total. The Morgan fingerprint density at radius 3 is 2.19 bits per heavy atom. The van der Waals surface area contributed by atoms with Crippen LogP contribution in [0.2, 0.25) is 0 Å². The number of rotatable bonds is 9. The highest BCUT2D eigenvalue weighted by Gasteiger charge is 1.99. The van der Waals surface area contributed by atoms with Crippen molar-refractivity contribution in [3.8, 4) is 5.75 Å². The molecular weight excluding hydrogens is 383 g/mol. The lowest BCUT2D eigenvalue weighted by atomic mass is 10.2. The Balaban J connectivity index is 1.52. The van der Waals surface area contributed by atoms with Gasteiger partial charge in [-0.3, -0.25) is 0 Å². The van der Waals surface area contributed by atoms with E-state index in [1.54, 1.807) is 12.1 Å². The van der Waals surface area contributed by atoms with Crippen LogP contribution in [0, 0.1) is 5.82 Å². The SMILES string of the molecule is NC(=S)Nc1ccc(OCCCCCNC(=S)Nc2ccc(F)cc2)cc1. The van der Waals surface area contributed by atoms with E-state index >= 15 is 0 Å². The first-order valence-corrected chi connectivity index (χ1v) is 9.44. The summed E-state index contributed by atoms with van der Waals surface area (Å²) in [6, 6.07) is 13.6. The minimum atomic E-state index is -0.270. The molecule has 0 aromatic heterocycles. The van der Waals surface area contributed by atoms with Crippen LogP contribution < -0.4 is 26.4 Å². The fourth-order valence-corrected chi connectivity index (χ4v) is 2.62. The molecular formula is C19H23FN4OS2. The van der Waals surface area contributed by atoms with Gasteiger partial charge in [-0.25, -0.2) is 4.39 Å². The summed E-state index contributed by atoms with van der Waals surface area (Å²) in [6.45, 7) is 1.42. The summed E-state index contributed by atoms with van der Waals surface area (Å²) in [6.07, 6.45) is 2.95. The fraction of sp³-hybridized carbons (Fsp3) is 0.263. The molecule has 0 saturated carbocycles. The molecule has 0 spiro atoms. The van der Waals surface area contributed by atoms with Crippen LogP contribution in [0.25, 0.3) is 0 Å². The lowest BCUT2D eigenvalue weighted by molar-refractivity contribution is 0.305. The Morgan fingerprint density at radius 1 is 0.889 bits per heavy atom. The monoisotopic (exact) mass is 406 g/mol. The molecule has 0 aliphatic heterocycles. The van der Waals surface area contributed by atoms with E-state index < -0.39 is 0 Å². The lowest BCUT2D eigenvalue weighted by Gasteiger charge is -2.11. The molecule has 0 bridgehead atoms. The number of anilines is 2. The van der Waals surface area contributed by atoms with Crippen LogP contribution in [0.5, 0.6) is 5.75 Å². The first kappa shape index (κ1) is 20.9. The van der Waals surface area contributed by atoms with Crippen molar-refractivity contribution in [2.24, 2.45) is 5.73 Å². The summed E-state index contributed by atoms with van der Waals surface area (Å²) in [5.41, 5.74) is 7.02. The van der Waals surface area contributed by atoms with Gasteiger partial charge in [0.1, 0.15) is 11.6 Å². The van der Waals surface area contributed by atoms with Gasteiger partial charge in [0, 0.05) is 17.9 Å². The number of hydrogen-bond acceptors (Lipinski definition) is 3. The minimum Gasteiger partial charge on any atom is -0.494 e. The minimum absolute atomic E-state index is 0.240. The molecule has 0 aliphatic rings. The smallest absolute Gasteiger partial charge is 0.170 e. The van der Waals surface area contributed by atoms with Crippen LogP contribution in [0.15, 0.2) is 48.5 Å². The van der Waals surface area contributed by atoms with Crippen LogP contribution in [-0.2, 0) is 0 Å². The first-order valence-electron chi connectivity index (χ1n) is 8.62. The molecule has 0 amide bonds. The van der Waals surface area contributed by atoms with Crippen LogP contribution in [0.4, 0.5) is 15.8 Å². The Bertz CT molecular complexity index is 738. The van der Waals surface area contributed by atoms with Crippen molar-refractivity contribution in [1.29, 1.82) is 0 Å². The Labute approximate surface area is 169 Å². The summed E-state index contributed by atoms with van der Waals surface area (Å²) in [5, 5.41) is 9.79. The average Bonchev–Trinajstić information content (AvgIpc) is 2.64. The maximum absolute atomic E-state index is 12.8. The molecule has 2 rings (SSSR count). The molecule has 27 heavy (non-hydrogen) atoms. The van der Waals surface area contributed by atoms with Gasteiger partial charge in [-0.2, -0.15) is 0 Å². The molecule has 0 fully saturated rings. The Morgan fingerprint density at radius 2 is 1.52 bits per heavy atom. The molecule has 2 aromatic carbocycles. The summed E-state index contributed by atoms with van der Waals surface area (Å²) < 4.78 is 18.5. The highest BCUT2D eigenvalue weighted by molar-refractivity contribution is 7.80. The normalized spacial score (nSPS) is 10.1. The third-order valence-electron chi connectivity index (χ3n) is 3.60. The third kappa shape index (κ3) is 8.65. The summed E-state index contributed by atoms with van der Waals surface area (Å²) in [4.78, 5) is 0. The van der Waals surface area contributed by atoms with Crippen molar-refractivity contribution in [2.75, 3.05) is 23.8 Å². The Hall–Kier alpha value is -2.45. The van der Waals surface area contributed by atoms with Gasteiger partial charge in [0.05, 0.1) is 6.61 Å². The zero-order valence-electron chi connectivity index (χ0n) is 14.8. The zero-order chi connectivity index (χ0) is 19.5. The molecule has 2 aromatic rings. The number of halogens is 1. The van der Waals surface area contributed by atoms with E-state index in [0.29, 0.717) is 11.7 Å². The van der Waals surface area contributed by atoms with Gasteiger partial charge in [-0.1, -0.05) is 0 Å². The van der Waals surface area contributed by atoms with Crippen LogP contribution in [0.3, 0.4) is 0 Å². The van der Waals surface area contributed by atoms with Gasteiger partial charge >= 0.3 is 0 Å². The Kier molecular flexibility index (Phi) is 8.73. The van der Waals surface area contributed by atoms with E-state index in [9.17, 15) is 4.39 Å². The van der Waals surface area contributed by atoms with Gasteiger partial charge < -0.3 is 26.4 Å². The molecule has 0 atom stereocenters. The van der Waals surface area contributed by atoms with Crippen molar-refractivity contribution in [3.05, 3.63) is 54.3 Å². The van der Waals surface area contributed by atoms with Gasteiger partial charge in [0.2, 0.25) is 0 Å². The molecule has 144 valence electrons. The molecule has 0 saturated heterocycles. The molecule has 0 unspecified atom stereocenters. The number of nitrogens with one attached hydrogen (secondary N) is 3. The zero-order valence-corrected chi connectivity index (χ0v) is 16.5. The number of thiocarbonyl (C=S) groups is 2. The van der Waals surface area contributed by atoms with E-state index in [1.165, 1.54) is 12.1 Å². The number of nitrogens with two attached hydrogens (primary N) is 1. The standard InChI is InChI=1S/C19H23FN4OS2/c20-14-4-6-16(7-5-14)24-19(27)22-12-2-1-3-13-25-17-10-8-15(9-11-17)23-18(21)26/h4-11H,1-3,12-13H2,(H3,21,23,26)(H2,22,24,27). The van der Waals surface area contributed by atoms with Crippen molar-refractivity contribution in [1.82, 2.24) is 5.32 Å². The van der Waals surface area contributed by atoms with E-state index in [0.717, 1.165) is 42.9 Å². The van der Waals surface area contributed by atoms with Crippen molar-refractivity contribution in [3.63, 3.8) is 0 Å². The average molecular weight is 407 g/mol. The predicted octanol–water partition coefficient (Wildman–Crippen LogP) is 4.02. The summed E-state index contributed by atoms with van der Waals surface area (Å²) >= 11 is 10.00. The van der Waals surface area contributed by atoms with Gasteiger partial charge in [0.15, 0.2) is 10.2 Å². The molecule has 0 heterocycles. The van der Waals surface area contributed by atoms with E-state index in [-0.39, 0.29) is 10.9 Å². The third-order valence-corrected chi connectivity index (χ3v) is 3.95. The van der Waals surface area contributed by atoms with Crippen LogP contribution in [0.1, 0.15) is 19.3 Å². The van der Waals surface area contributed by atoms with Gasteiger partial charge in [0.25, 0.3) is 0 Å². The second-order valence-corrected chi connectivity index (χ2v) is 6.66. The topological polar surface area (TPSA) is 71.3 Å². The second kappa shape index (κ2) is 11.3. The van der Waals surface area contributed by atoms with Gasteiger partial charge in [-0.15, -0.1) is 0 Å². The van der Waals surface area contributed by atoms with Crippen LogP contribution in [-0.4, -0.2) is 23.4 Å². The van der Waals surface area contributed by atoms with Crippen molar-refractivity contribution in [2.45, 2.75) is 19.3 Å². The molecule has 0 aliphatic carbocycles.